The Bertz CT molecular complexity index is 468. The molecule has 2 rings (SSSR count). The van der Waals surface area contributed by atoms with Crippen molar-refractivity contribution in [1.82, 2.24) is 0 Å². The van der Waals surface area contributed by atoms with E-state index < -0.39 is 23.7 Å². The summed E-state index contributed by atoms with van der Waals surface area (Å²) < 4.78 is 55.7. The molecule has 1 fully saturated rings. The van der Waals surface area contributed by atoms with E-state index >= 15 is 0 Å². The Hall–Kier alpha value is -1.43. The van der Waals surface area contributed by atoms with Crippen LogP contribution in [-0.4, -0.2) is 12.4 Å². The molecular weight excluding hydrogens is 252 g/mol. The number of halogens is 4. The Balaban J connectivity index is 2.26. The van der Waals surface area contributed by atoms with E-state index in [0.717, 1.165) is 12.1 Å². The van der Waals surface area contributed by atoms with E-state index in [9.17, 15) is 22.4 Å². The average Bonchev–Trinajstić information content (AvgIpc) is 2.27. The molecule has 0 bridgehead atoms. The van der Waals surface area contributed by atoms with Crippen molar-refractivity contribution in [3.05, 3.63) is 35.1 Å². The summed E-state index contributed by atoms with van der Waals surface area (Å²) in [5, 5.41) is 0. The molecule has 0 aromatic heterocycles. The molecule has 1 atom stereocenters. The Morgan fingerprint density at radius 1 is 1.28 bits per heavy atom. The molecule has 98 valence electrons. The van der Waals surface area contributed by atoms with E-state index in [1.54, 1.807) is 0 Å². The number of ketones is 1. The van der Waals surface area contributed by atoms with Crippen LogP contribution in [0.25, 0.3) is 0 Å². The van der Waals surface area contributed by atoms with Crippen LogP contribution >= 0.6 is 0 Å². The predicted octanol–water partition coefficient (Wildman–Crippen LogP) is 3.27. The van der Waals surface area contributed by atoms with E-state index in [0.29, 0.717) is 12.5 Å². The van der Waals surface area contributed by atoms with Gasteiger partial charge in [0.1, 0.15) is 11.6 Å². The first-order valence-electron chi connectivity index (χ1n) is 5.38. The standard InChI is InChI=1S/C12H10F4O2/c13-10-5-7(1-2-9(10)12(14,15)16)11-6-8(17)3-4-18-11/h1-2,5,11H,3-4,6H2. The lowest BCUT2D eigenvalue weighted by Gasteiger charge is -2.22. The zero-order valence-corrected chi connectivity index (χ0v) is 9.26. The summed E-state index contributed by atoms with van der Waals surface area (Å²) in [5.74, 6) is -1.38. The second-order valence-electron chi connectivity index (χ2n) is 4.09. The summed E-state index contributed by atoms with van der Waals surface area (Å²) in [7, 11) is 0. The molecule has 1 saturated heterocycles. The van der Waals surface area contributed by atoms with Gasteiger partial charge < -0.3 is 4.74 Å². The maximum Gasteiger partial charge on any atom is 0.419 e. The lowest BCUT2D eigenvalue weighted by Crippen LogP contribution is -2.20. The molecule has 0 radical (unpaired) electrons. The topological polar surface area (TPSA) is 26.3 Å². The number of carbonyl (C=O) groups excluding carboxylic acids is 1. The van der Waals surface area contributed by atoms with Crippen molar-refractivity contribution >= 4 is 5.78 Å². The zero-order chi connectivity index (χ0) is 13.3. The fourth-order valence-electron chi connectivity index (χ4n) is 1.86. The number of ether oxygens (including phenoxy) is 1. The average molecular weight is 262 g/mol. The lowest BCUT2D eigenvalue weighted by molar-refractivity contribution is -0.140. The van der Waals surface area contributed by atoms with Gasteiger partial charge in [-0.15, -0.1) is 0 Å². The molecule has 6 heteroatoms. The van der Waals surface area contributed by atoms with Crippen LogP contribution in [0.15, 0.2) is 18.2 Å². The maximum absolute atomic E-state index is 13.3. The SMILES string of the molecule is O=C1CCOC(c2ccc(C(F)(F)F)c(F)c2)C1. The highest BCUT2D eigenvalue weighted by Gasteiger charge is 2.34. The first-order chi connectivity index (χ1) is 8.38. The van der Waals surface area contributed by atoms with Gasteiger partial charge in [-0.1, -0.05) is 6.07 Å². The van der Waals surface area contributed by atoms with Gasteiger partial charge in [-0.05, 0) is 17.7 Å². The first-order valence-corrected chi connectivity index (χ1v) is 5.38. The zero-order valence-electron chi connectivity index (χ0n) is 9.26. The molecule has 1 aliphatic heterocycles. The summed E-state index contributed by atoms with van der Waals surface area (Å²) in [6.45, 7) is 0.214. The minimum atomic E-state index is -4.72. The second-order valence-corrected chi connectivity index (χ2v) is 4.09. The lowest BCUT2D eigenvalue weighted by atomic mass is 9.99. The minimum absolute atomic E-state index is 0.0356. The number of benzene rings is 1. The van der Waals surface area contributed by atoms with Crippen molar-refractivity contribution in [2.24, 2.45) is 0 Å². The Morgan fingerprint density at radius 2 is 2.00 bits per heavy atom. The summed E-state index contributed by atoms with van der Waals surface area (Å²) in [6, 6.07) is 2.61. The Morgan fingerprint density at radius 3 is 2.56 bits per heavy atom. The van der Waals surface area contributed by atoms with Gasteiger partial charge in [0.25, 0.3) is 0 Å². The Kier molecular flexibility index (Phi) is 3.38. The van der Waals surface area contributed by atoms with Crippen molar-refractivity contribution in [3.8, 4) is 0 Å². The molecule has 0 N–H and O–H groups in total. The smallest absolute Gasteiger partial charge is 0.373 e. The third kappa shape index (κ3) is 2.69. The van der Waals surface area contributed by atoms with Gasteiger partial charge in [0.2, 0.25) is 0 Å². The molecule has 1 aromatic rings. The molecule has 0 spiro atoms. The van der Waals surface area contributed by atoms with Gasteiger partial charge in [0, 0.05) is 12.8 Å². The van der Waals surface area contributed by atoms with Crippen LogP contribution in [0.3, 0.4) is 0 Å². The molecular formula is C12H10F4O2. The third-order valence-corrected chi connectivity index (χ3v) is 2.78. The molecule has 1 aromatic carbocycles. The van der Waals surface area contributed by atoms with Gasteiger partial charge >= 0.3 is 6.18 Å². The minimum Gasteiger partial charge on any atom is -0.373 e. The van der Waals surface area contributed by atoms with Gasteiger partial charge in [-0.3, -0.25) is 4.79 Å². The van der Waals surface area contributed by atoms with E-state index in [2.05, 4.69) is 0 Å². The number of hydrogen-bond donors (Lipinski definition) is 0. The van der Waals surface area contributed by atoms with E-state index in [4.69, 9.17) is 4.74 Å². The third-order valence-electron chi connectivity index (χ3n) is 2.78. The van der Waals surface area contributed by atoms with Crippen molar-refractivity contribution in [1.29, 1.82) is 0 Å². The van der Waals surface area contributed by atoms with Crippen LogP contribution in [-0.2, 0) is 15.7 Å². The number of Topliss-reactive ketones (excluding diaryl/α,β-unsaturated/α-hetero) is 1. The highest BCUT2D eigenvalue weighted by molar-refractivity contribution is 5.79. The van der Waals surface area contributed by atoms with Crippen molar-refractivity contribution < 1.29 is 27.1 Å². The quantitative estimate of drug-likeness (QED) is 0.726. The fraction of sp³-hybridized carbons (Fsp3) is 0.417. The predicted molar refractivity (Wildman–Crippen MR) is 54.3 cm³/mol. The maximum atomic E-state index is 13.3. The van der Waals surface area contributed by atoms with Gasteiger partial charge in [0.05, 0.1) is 18.3 Å². The monoisotopic (exact) mass is 262 g/mol. The van der Waals surface area contributed by atoms with Gasteiger partial charge in [0.15, 0.2) is 0 Å². The summed E-state index contributed by atoms with van der Waals surface area (Å²) >= 11 is 0. The summed E-state index contributed by atoms with van der Waals surface area (Å²) in [5.41, 5.74) is -1.05. The van der Waals surface area contributed by atoms with E-state index in [1.165, 1.54) is 0 Å². The van der Waals surface area contributed by atoms with Crippen LogP contribution in [0.1, 0.15) is 30.1 Å². The van der Waals surface area contributed by atoms with Crippen LogP contribution in [0.5, 0.6) is 0 Å². The first kappa shape index (κ1) is 13.0. The molecule has 1 aliphatic rings. The largest absolute Gasteiger partial charge is 0.419 e. The van der Waals surface area contributed by atoms with Crippen molar-refractivity contribution in [3.63, 3.8) is 0 Å². The van der Waals surface area contributed by atoms with E-state index in [1.807, 2.05) is 0 Å². The van der Waals surface area contributed by atoms with E-state index in [-0.39, 0.29) is 24.4 Å². The number of carbonyl (C=O) groups is 1. The molecule has 1 heterocycles. The highest BCUT2D eigenvalue weighted by atomic mass is 19.4. The number of rotatable bonds is 1. The molecule has 18 heavy (non-hydrogen) atoms. The molecule has 0 saturated carbocycles. The van der Waals surface area contributed by atoms with Crippen LogP contribution in [0, 0.1) is 5.82 Å². The fourth-order valence-corrected chi connectivity index (χ4v) is 1.86. The summed E-state index contributed by atoms with van der Waals surface area (Å²) in [4.78, 5) is 11.2. The van der Waals surface area contributed by atoms with Crippen LogP contribution in [0.2, 0.25) is 0 Å². The number of alkyl halides is 3. The molecule has 1 unspecified atom stereocenters. The Labute approximate surface area is 101 Å². The normalized spacial score (nSPS) is 21.1. The van der Waals surface area contributed by atoms with Crippen LogP contribution < -0.4 is 0 Å². The summed E-state index contributed by atoms with van der Waals surface area (Å²) in [6.07, 6.45) is -5.00. The molecule has 2 nitrogen and oxygen atoms in total. The van der Waals surface area contributed by atoms with Crippen molar-refractivity contribution in [2.45, 2.75) is 25.1 Å². The molecule has 0 aliphatic carbocycles. The van der Waals surface area contributed by atoms with Gasteiger partial charge in [-0.2, -0.15) is 13.2 Å². The highest BCUT2D eigenvalue weighted by Crippen LogP contribution is 2.34. The van der Waals surface area contributed by atoms with Crippen LogP contribution in [0.4, 0.5) is 17.6 Å². The number of hydrogen-bond acceptors (Lipinski definition) is 2. The second kappa shape index (κ2) is 4.68. The van der Waals surface area contributed by atoms with Crippen molar-refractivity contribution in [2.75, 3.05) is 6.61 Å². The molecule has 0 amide bonds. The van der Waals surface area contributed by atoms with Gasteiger partial charge in [-0.25, -0.2) is 4.39 Å².